The molecule has 0 saturated heterocycles. The number of hydrogen-bond donors (Lipinski definition) is 0. The van der Waals surface area contributed by atoms with Crippen molar-refractivity contribution in [2.45, 2.75) is 12.8 Å². The number of aryl methyl sites for hydroxylation is 1. The summed E-state index contributed by atoms with van der Waals surface area (Å²) >= 11 is 1.99. The van der Waals surface area contributed by atoms with E-state index in [0.29, 0.717) is 0 Å². The monoisotopic (exact) mass is 644 g/mol. The molecule has 49 heavy (non-hydrogen) atoms. The molecule has 3 heteroatoms. The van der Waals surface area contributed by atoms with Crippen molar-refractivity contribution in [3.05, 3.63) is 174 Å². The molecule has 2 nitrogen and oxygen atoms in total. The molecular weight excluding hydrogens is 613 g/mol. The van der Waals surface area contributed by atoms with E-state index < -0.39 is 0 Å². The molecule has 1 aliphatic rings. The average Bonchev–Trinajstić information content (AvgIpc) is 3.76. The molecule has 0 amide bonds. The molecule has 232 valence electrons. The van der Waals surface area contributed by atoms with Crippen LogP contribution in [0, 0.1) is 0 Å². The molecule has 0 atom stereocenters. The van der Waals surface area contributed by atoms with Gasteiger partial charge in [-0.15, -0.1) is 11.3 Å². The highest BCUT2D eigenvalue weighted by Gasteiger charge is 2.20. The van der Waals surface area contributed by atoms with Crippen LogP contribution in [0.5, 0.6) is 0 Å². The Kier molecular flexibility index (Phi) is 6.53. The summed E-state index contributed by atoms with van der Waals surface area (Å²) in [6, 6.07) is 55.2. The van der Waals surface area contributed by atoms with Gasteiger partial charge in [0, 0.05) is 54.7 Å². The van der Waals surface area contributed by atoms with Gasteiger partial charge in [0.2, 0.25) is 0 Å². The highest BCUT2D eigenvalue weighted by molar-refractivity contribution is 7.20. The number of benzene rings is 7. The van der Waals surface area contributed by atoms with Gasteiger partial charge in [0.1, 0.15) is 0 Å². The summed E-state index contributed by atoms with van der Waals surface area (Å²) in [7, 11) is 0. The number of anilines is 3. The first kappa shape index (κ1) is 28.1. The van der Waals surface area contributed by atoms with Gasteiger partial charge in [-0.1, -0.05) is 91.0 Å². The predicted octanol–water partition coefficient (Wildman–Crippen LogP) is 13.2. The standard InChI is InChI=1S/C46H32N2S/c1-4-12-34(13-5-1)47-27-26-32-28-42-33(30-43(32)47)29-41(39-24-25-40-38-18-10-11-19-44(38)49-46(40)45(39)42)31-20-22-37(23-21-31)48(35-14-6-2-7-15-35)36-16-8-3-9-17-36/h1-10,12-18,20-30H,11,19H2. The smallest absolute Gasteiger partial charge is 0.0534 e. The van der Waals surface area contributed by atoms with Crippen LogP contribution in [0.1, 0.15) is 16.9 Å². The Morgan fingerprint density at radius 1 is 0.571 bits per heavy atom. The van der Waals surface area contributed by atoms with Crippen molar-refractivity contribution in [1.29, 1.82) is 0 Å². The molecule has 0 bridgehead atoms. The summed E-state index contributed by atoms with van der Waals surface area (Å²) in [5, 5.41) is 7.89. The fourth-order valence-corrected chi connectivity index (χ4v) is 9.08. The van der Waals surface area contributed by atoms with E-state index in [1.807, 2.05) is 11.3 Å². The zero-order chi connectivity index (χ0) is 32.3. The molecule has 0 aliphatic heterocycles. The second kappa shape index (κ2) is 11.4. The minimum Gasteiger partial charge on any atom is -0.317 e. The molecular formula is C46H32N2S. The van der Waals surface area contributed by atoms with E-state index in [1.165, 1.54) is 69.8 Å². The third kappa shape index (κ3) is 4.62. The molecule has 9 aromatic rings. The minimum absolute atomic E-state index is 1.12. The van der Waals surface area contributed by atoms with Gasteiger partial charge < -0.3 is 9.47 Å². The molecule has 0 N–H and O–H groups in total. The lowest BCUT2D eigenvalue weighted by atomic mass is 9.91. The van der Waals surface area contributed by atoms with Crippen molar-refractivity contribution in [2.75, 3.05) is 4.90 Å². The molecule has 0 saturated carbocycles. The molecule has 0 radical (unpaired) electrons. The van der Waals surface area contributed by atoms with Crippen molar-refractivity contribution in [2.24, 2.45) is 0 Å². The van der Waals surface area contributed by atoms with Crippen molar-refractivity contribution < 1.29 is 0 Å². The van der Waals surface area contributed by atoms with Gasteiger partial charge >= 0.3 is 0 Å². The highest BCUT2D eigenvalue weighted by atomic mass is 32.1. The first-order chi connectivity index (χ1) is 24.3. The fourth-order valence-electron chi connectivity index (χ4n) is 7.72. The van der Waals surface area contributed by atoms with E-state index in [9.17, 15) is 0 Å². The molecule has 0 unspecified atom stereocenters. The van der Waals surface area contributed by atoms with Gasteiger partial charge in [-0.25, -0.2) is 0 Å². The molecule has 2 heterocycles. The van der Waals surface area contributed by atoms with Crippen LogP contribution in [0.4, 0.5) is 17.1 Å². The van der Waals surface area contributed by atoms with Gasteiger partial charge in [-0.3, -0.25) is 0 Å². The molecule has 1 aliphatic carbocycles. The van der Waals surface area contributed by atoms with E-state index in [2.05, 4.69) is 179 Å². The Bertz CT molecular complexity index is 2640. The van der Waals surface area contributed by atoms with Crippen LogP contribution in [0.2, 0.25) is 0 Å². The van der Waals surface area contributed by atoms with Crippen LogP contribution in [0.25, 0.3) is 65.4 Å². The minimum atomic E-state index is 1.12. The topological polar surface area (TPSA) is 8.17 Å². The summed E-state index contributed by atoms with van der Waals surface area (Å²) < 4.78 is 3.71. The summed E-state index contributed by atoms with van der Waals surface area (Å²) in [6.07, 6.45) is 9.12. The molecule has 0 spiro atoms. The maximum atomic E-state index is 2.42. The zero-order valence-electron chi connectivity index (χ0n) is 26.9. The number of allylic oxidation sites excluding steroid dienone is 1. The quantitative estimate of drug-likeness (QED) is 0.169. The van der Waals surface area contributed by atoms with Crippen LogP contribution in [0.3, 0.4) is 0 Å². The van der Waals surface area contributed by atoms with Crippen LogP contribution < -0.4 is 4.90 Å². The average molecular weight is 645 g/mol. The van der Waals surface area contributed by atoms with Crippen LogP contribution >= 0.6 is 11.3 Å². The normalized spacial score (nSPS) is 12.7. The number of nitrogens with zero attached hydrogens (tertiary/aromatic N) is 2. The first-order valence-corrected chi connectivity index (χ1v) is 17.8. The second-order valence-electron chi connectivity index (χ2n) is 12.9. The molecule has 7 aromatic carbocycles. The summed E-state index contributed by atoms with van der Waals surface area (Å²) in [4.78, 5) is 3.83. The van der Waals surface area contributed by atoms with E-state index in [0.717, 1.165) is 29.9 Å². The Labute approximate surface area is 289 Å². The third-order valence-corrected chi connectivity index (χ3v) is 11.3. The lowest BCUT2D eigenvalue weighted by Gasteiger charge is -2.25. The van der Waals surface area contributed by atoms with Crippen LogP contribution in [-0.4, -0.2) is 4.57 Å². The Morgan fingerprint density at radius 3 is 1.98 bits per heavy atom. The molecule has 0 fully saturated rings. The SMILES string of the molecule is C1=Cc2c(sc3c2ccc2c(-c4ccc(N(c5ccccc5)c5ccccc5)cc4)cc4cc5c(ccn5-c5ccccc5)cc4c23)CC1. The Hall–Kier alpha value is -5.90. The van der Waals surface area contributed by atoms with Gasteiger partial charge in [0.25, 0.3) is 0 Å². The van der Waals surface area contributed by atoms with E-state index in [4.69, 9.17) is 0 Å². The van der Waals surface area contributed by atoms with Crippen molar-refractivity contribution in [3.63, 3.8) is 0 Å². The van der Waals surface area contributed by atoms with Crippen molar-refractivity contribution in [1.82, 2.24) is 4.57 Å². The van der Waals surface area contributed by atoms with E-state index in [1.54, 1.807) is 0 Å². The Morgan fingerprint density at radius 2 is 1.24 bits per heavy atom. The van der Waals surface area contributed by atoms with Gasteiger partial charge in [0.05, 0.1) is 5.52 Å². The van der Waals surface area contributed by atoms with Crippen molar-refractivity contribution in [3.8, 4) is 16.8 Å². The molecule has 10 rings (SSSR count). The lowest BCUT2D eigenvalue weighted by molar-refractivity contribution is 1.02. The number of rotatable bonds is 5. The second-order valence-corrected chi connectivity index (χ2v) is 14.0. The van der Waals surface area contributed by atoms with Crippen LogP contribution in [0.15, 0.2) is 164 Å². The first-order valence-electron chi connectivity index (χ1n) is 17.0. The molecule has 2 aromatic heterocycles. The van der Waals surface area contributed by atoms with E-state index >= 15 is 0 Å². The number of aromatic nitrogens is 1. The zero-order valence-corrected chi connectivity index (χ0v) is 27.7. The number of para-hydroxylation sites is 3. The number of thiophene rings is 1. The summed E-state index contributed by atoms with van der Waals surface area (Å²) in [6.45, 7) is 0. The highest BCUT2D eigenvalue weighted by Crippen LogP contribution is 2.46. The van der Waals surface area contributed by atoms with Gasteiger partial charge in [0.15, 0.2) is 0 Å². The predicted molar refractivity (Wildman–Crippen MR) is 211 cm³/mol. The van der Waals surface area contributed by atoms with Crippen LogP contribution in [-0.2, 0) is 6.42 Å². The van der Waals surface area contributed by atoms with Crippen molar-refractivity contribution >= 4 is 77.0 Å². The largest absolute Gasteiger partial charge is 0.317 e. The summed E-state index contributed by atoms with van der Waals surface area (Å²) in [5.74, 6) is 0. The maximum Gasteiger partial charge on any atom is 0.0534 e. The van der Waals surface area contributed by atoms with E-state index in [-0.39, 0.29) is 0 Å². The van der Waals surface area contributed by atoms with Gasteiger partial charge in [-0.2, -0.15) is 0 Å². The Balaban J connectivity index is 1.21. The number of fused-ring (bicyclic) bond motifs is 8. The maximum absolute atomic E-state index is 2.42. The summed E-state index contributed by atoms with van der Waals surface area (Å²) in [5.41, 5.74) is 9.71. The third-order valence-electron chi connectivity index (χ3n) is 10.0. The van der Waals surface area contributed by atoms with Gasteiger partial charge in [-0.05, 0) is 118 Å². The number of hydrogen-bond acceptors (Lipinski definition) is 2. The fraction of sp³-hybridized carbons (Fsp3) is 0.0435. The lowest BCUT2D eigenvalue weighted by Crippen LogP contribution is -2.09.